The van der Waals surface area contributed by atoms with Crippen molar-refractivity contribution in [2.24, 2.45) is 0 Å². The molecule has 6 rings (SSSR count). The van der Waals surface area contributed by atoms with Crippen LogP contribution >= 0.6 is 11.3 Å². The van der Waals surface area contributed by atoms with Gasteiger partial charge in [-0.25, -0.2) is 21.6 Å². The molecule has 0 atom stereocenters. The monoisotopic (exact) mass is 606 g/mol. The third kappa shape index (κ3) is 4.80. The van der Waals surface area contributed by atoms with Crippen LogP contribution in [0.4, 0.5) is 4.39 Å². The van der Waals surface area contributed by atoms with Crippen LogP contribution in [0, 0.1) is 31.0 Å². The van der Waals surface area contributed by atoms with E-state index < -0.39 is 21.8 Å². The van der Waals surface area contributed by atoms with Crippen molar-refractivity contribution in [2.45, 2.75) is 18.7 Å². The number of nitriles is 1. The van der Waals surface area contributed by atoms with Crippen molar-refractivity contribution in [1.82, 2.24) is 3.97 Å². The van der Waals surface area contributed by atoms with Gasteiger partial charge in [-0.2, -0.15) is 5.26 Å². The average Bonchev–Trinajstić information content (AvgIpc) is 3.60. The Morgan fingerprint density at radius 1 is 0.884 bits per heavy atom. The first-order valence-corrected chi connectivity index (χ1v) is 15.5. The normalized spacial score (nSPS) is 11.5. The summed E-state index contributed by atoms with van der Waals surface area (Å²) < 4.78 is 45.1. The Hall–Kier alpha value is -5.04. The van der Waals surface area contributed by atoms with Gasteiger partial charge >= 0.3 is 5.97 Å². The molecular formula is C34H23FN2O4S2. The van der Waals surface area contributed by atoms with E-state index in [9.17, 15) is 28.0 Å². The molecule has 2 heterocycles. The summed E-state index contributed by atoms with van der Waals surface area (Å²) in [5.74, 6) is -1.58. The van der Waals surface area contributed by atoms with E-state index in [1.54, 1.807) is 53.9 Å². The molecule has 0 amide bonds. The van der Waals surface area contributed by atoms with Crippen LogP contribution in [0.3, 0.4) is 0 Å². The number of carboxylic acid groups (broad SMARTS) is 1. The van der Waals surface area contributed by atoms with Gasteiger partial charge < -0.3 is 5.11 Å². The Labute approximate surface area is 251 Å². The van der Waals surface area contributed by atoms with Crippen LogP contribution in [0.5, 0.6) is 0 Å². The number of rotatable bonds is 6. The summed E-state index contributed by atoms with van der Waals surface area (Å²) in [6.45, 7) is 3.74. The minimum Gasteiger partial charge on any atom is -0.478 e. The van der Waals surface area contributed by atoms with Crippen LogP contribution in [-0.2, 0) is 10.0 Å². The molecule has 0 spiro atoms. The molecule has 0 aliphatic carbocycles. The van der Waals surface area contributed by atoms with Crippen LogP contribution < -0.4 is 0 Å². The Bertz CT molecular complexity index is 2220. The van der Waals surface area contributed by atoms with Crippen molar-refractivity contribution >= 4 is 38.2 Å². The summed E-state index contributed by atoms with van der Waals surface area (Å²) >= 11 is 1.22. The number of carbonyl (C=O) groups is 1. The van der Waals surface area contributed by atoms with Gasteiger partial charge in [0.05, 0.1) is 21.7 Å². The molecule has 43 heavy (non-hydrogen) atoms. The second-order valence-electron chi connectivity index (χ2n) is 10.1. The average molecular weight is 607 g/mol. The predicted octanol–water partition coefficient (Wildman–Crippen LogP) is 8.27. The highest BCUT2D eigenvalue weighted by molar-refractivity contribution is 7.90. The molecule has 0 unspecified atom stereocenters. The van der Waals surface area contributed by atoms with Gasteiger partial charge in [0.2, 0.25) is 0 Å². The largest absolute Gasteiger partial charge is 0.478 e. The molecule has 0 aliphatic rings. The maximum atomic E-state index is 14.8. The molecule has 1 N–H and O–H groups in total. The van der Waals surface area contributed by atoms with Crippen molar-refractivity contribution < 1.29 is 22.7 Å². The highest BCUT2D eigenvalue weighted by atomic mass is 32.2. The molecule has 0 aliphatic heterocycles. The molecule has 9 heteroatoms. The van der Waals surface area contributed by atoms with E-state index in [1.807, 2.05) is 26.0 Å². The number of hydrogen-bond acceptors (Lipinski definition) is 5. The number of halogens is 1. The standard InChI is InChI=1S/C34H23FN2O4S2/c1-20-6-12-27(16-21(20)2)43(40,41)37-30-13-11-26(35)18-29(30)32(28-14-15-42-31(28)19-36)33(37)25-5-3-4-24(17-25)22-7-9-23(10-8-22)34(38)39/h3-18H,1-2H3,(H,38,39). The number of hydrogen-bond donors (Lipinski definition) is 1. The van der Waals surface area contributed by atoms with E-state index in [-0.39, 0.29) is 21.7 Å². The molecule has 6 aromatic rings. The summed E-state index contributed by atoms with van der Waals surface area (Å²) in [6.07, 6.45) is 0. The van der Waals surface area contributed by atoms with E-state index in [0.29, 0.717) is 27.0 Å². The van der Waals surface area contributed by atoms with Crippen LogP contribution in [0.15, 0.2) is 101 Å². The van der Waals surface area contributed by atoms with Crippen LogP contribution in [0.1, 0.15) is 26.4 Å². The SMILES string of the molecule is Cc1ccc(S(=O)(=O)n2c(-c3cccc(-c4ccc(C(=O)O)cc4)c3)c(-c3ccsc3C#N)c3cc(F)ccc32)cc1C. The lowest BCUT2D eigenvalue weighted by molar-refractivity contribution is 0.0697. The molecule has 212 valence electrons. The number of carboxylic acids is 1. The lowest BCUT2D eigenvalue weighted by Gasteiger charge is -2.15. The third-order valence-electron chi connectivity index (χ3n) is 7.54. The maximum Gasteiger partial charge on any atom is 0.335 e. The predicted molar refractivity (Wildman–Crippen MR) is 166 cm³/mol. The highest BCUT2D eigenvalue weighted by Gasteiger charge is 2.30. The van der Waals surface area contributed by atoms with Gasteiger partial charge in [0.25, 0.3) is 10.0 Å². The highest BCUT2D eigenvalue weighted by Crippen LogP contribution is 2.45. The van der Waals surface area contributed by atoms with E-state index in [1.165, 1.54) is 45.6 Å². The zero-order chi connectivity index (χ0) is 30.5. The van der Waals surface area contributed by atoms with Crippen LogP contribution in [0.2, 0.25) is 0 Å². The zero-order valence-electron chi connectivity index (χ0n) is 23.0. The summed E-state index contributed by atoms with van der Waals surface area (Å²) in [5.41, 5.74) is 5.36. The molecule has 4 aromatic carbocycles. The maximum absolute atomic E-state index is 14.8. The minimum atomic E-state index is -4.23. The summed E-state index contributed by atoms with van der Waals surface area (Å²) in [4.78, 5) is 11.8. The second kappa shape index (κ2) is 10.7. The summed E-state index contributed by atoms with van der Waals surface area (Å²) in [6, 6.07) is 26.4. The number of benzene rings is 4. The third-order valence-corrected chi connectivity index (χ3v) is 10.1. The Morgan fingerprint density at radius 2 is 1.63 bits per heavy atom. The molecule has 0 radical (unpaired) electrons. The van der Waals surface area contributed by atoms with Gasteiger partial charge in [-0.05, 0) is 96.1 Å². The smallest absolute Gasteiger partial charge is 0.335 e. The van der Waals surface area contributed by atoms with Crippen molar-refractivity contribution in [3.63, 3.8) is 0 Å². The number of aromatic nitrogens is 1. The molecule has 0 saturated carbocycles. The quantitative estimate of drug-likeness (QED) is 0.206. The minimum absolute atomic E-state index is 0.0795. The Balaban J connectivity index is 1.72. The Morgan fingerprint density at radius 3 is 2.33 bits per heavy atom. The number of nitrogens with zero attached hydrogens (tertiary/aromatic N) is 2. The van der Waals surface area contributed by atoms with Crippen molar-refractivity contribution in [3.05, 3.63) is 124 Å². The molecule has 0 fully saturated rings. The molecule has 6 nitrogen and oxygen atoms in total. The first kappa shape index (κ1) is 28.1. The van der Waals surface area contributed by atoms with Gasteiger partial charge in [0, 0.05) is 22.1 Å². The molecule has 2 aromatic heterocycles. The fourth-order valence-corrected chi connectivity index (χ4v) is 7.56. The number of aromatic carboxylic acids is 1. The van der Waals surface area contributed by atoms with Gasteiger partial charge in [-0.3, -0.25) is 0 Å². The van der Waals surface area contributed by atoms with E-state index in [0.717, 1.165) is 22.3 Å². The van der Waals surface area contributed by atoms with Crippen molar-refractivity contribution in [2.75, 3.05) is 0 Å². The van der Waals surface area contributed by atoms with Crippen LogP contribution in [-0.4, -0.2) is 23.5 Å². The lowest BCUT2D eigenvalue weighted by Crippen LogP contribution is -2.14. The number of fused-ring (bicyclic) bond motifs is 1. The van der Waals surface area contributed by atoms with Crippen LogP contribution in [0.25, 0.3) is 44.4 Å². The van der Waals surface area contributed by atoms with Gasteiger partial charge in [0.15, 0.2) is 0 Å². The first-order chi connectivity index (χ1) is 20.6. The fourth-order valence-electron chi connectivity index (χ4n) is 5.24. The van der Waals surface area contributed by atoms with Crippen molar-refractivity contribution in [1.29, 1.82) is 5.26 Å². The van der Waals surface area contributed by atoms with Gasteiger partial charge in [-0.15, -0.1) is 11.3 Å². The molecule has 0 saturated heterocycles. The fraction of sp³-hybridized carbons (Fsp3) is 0.0588. The lowest BCUT2D eigenvalue weighted by atomic mass is 9.96. The summed E-state index contributed by atoms with van der Waals surface area (Å²) in [5, 5.41) is 21.4. The van der Waals surface area contributed by atoms with Gasteiger partial charge in [-0.1, -0.05) is 36.4 Å². The van der Waals surface area contributed by atoms with Crippen molar-refractivity contribution in [3.8, 4) is 39.6 Å². The first-order valence-electron chi connectivity index (χ1n) is 13.2. The zero-order valence-corrected chi connectivity index (χ0v) is 24.6. The second-order valence-corrected chi connectivity index (χ2v) is 12.8. The van der Waals surface area contributed by atoms with E-state index >= 15 is 0 Å². The molecule has 0 bridgehead atoms. The van der Waals surface area contributed by atoms with E-state index in [4.69, 9.17) is 0 Å². The van der Waals surface area contributed by atoms with Gasteiger partial charge in [0.1, 0.15) is 16.8 Å². The number of aryl methyl sites for hydroxylation is 2. The van der Waals surface area contributed by atoms with E-state index in [2.05, 4.69) is 6.07 Å². The number of thiophene rings is 1. The molecular weight excluding hydrogens is 584 g/mol. The Kier molecular flexibility index (Phi) is 6.97. The summed E-state index contributed by atoms with van der Waals surface area (Å²) in [7, 11) is -4.23. The topological polar surface area (TPSA) is 100 Å².